The van der Waals surface area contributed by atoms with Crippen molar-refractivity contribution in [2.45, 2.75) is 65.4 Å². The van der Waals surface area contributed by atoms with E-state index in [1.54, 1.807) is 34.6 Å². The molecular formula is C20H27NO5. The molecule has 1 N–H and O–H groups in total. The van der Waals surface area contributed by atoms with E-state index in [4.69, 9.17) is 14.2 Å². The summed E-state index contributed by atoms with van der Waals surface area (Å²) in [5.74, 6) is -1.05. The van der Waals surface area contributed by atoms with Crippen LogP contribution in [0, 0.1) is 6.92 Å². The van der Waals surface area contributed by atoms with Gasteiger partial charge in [0.15, 0.2) is 0 Å². The van der Waals surface area contributed by atoms with Crippen molar-refractivity contribution < 1.29 is 23.8 Å². The van der Waals surface area contributed by atoms with Gasteiger partial charge in [-0.25, -0.2) is 9.59 Å². The Kier molecular flexibility index (Phi) is 5.64. The van der Waals surface area contributed by atoms with Crippen molar-refractivity contribution in [3.8, 4) is 0 Å². The van der Waals surface area contributed by atoms with Crippen molar-refractivity contribution in [2.75, 3.05) is 0 Å². The number of rotatable bonds is 4. The smallest absolute Gasteiger partial charge is 0.408 e. The molecule has 1 aliphatic heterocycles. The Morgan fingerprint density at radius 1 is 1.23 bits per heavy atom. The highest BCUT2D eigenvalue weighted by Gasteiger charge is 2.32. The van der Waals surface area contributed by atoms with Crippen molar-refractivity contribution >= 4 is 12.1 Å². The molecule has 1 amide bonds. The number of ether oxygens (including phenoxy) is 3. The van der Waals surface area contributed by atoms with E-state index in [0.29, 0.717) is 12.2 Å². The average Bonchev–Trinajstić information content (AvgIpc) is 2.42. The molecule has 0 bridgehead atoms. The van der Waals surface area contributed by atoms with Crippen LogP contribution in [0.4, 0.5) is 4.79 Å². The van der Waals surface area contributed by atoms with Crippen LogP contribution in [0.3, 0.4) is 0 Å². The Balaban J connectivity index is 2.25. The van der Waals surface area contributed by atoms with Gasteiger partial charge in [0.25, 0.3) is 0 Å². The summed E-state index contributed by atoms with van der Waals surface area (Å²) < 4.78 is 16.2. The molecule has 0 saturated heterocycles. The van der Waals surface area contributed by atoms with Crippen LogP contribution in [-0.2, 0) is 19.0 Å². The molecule has 1 heterocycles. The van der Waals surface area contributed by atoms with Gasteiger partial charge in [-0.1, -0.05) is 24.3 Å². The van der Waals surface area contributed by atoms with Crippen LogP contribution >= 0.6 is 0 Å². The van der Waals surface area contributed by atoms with Crippen LogP contribution in [0.5, 0.6) is 0 Å². The van der Waals surface area contributed by atoms with Crippen LogP contribution in [0.1, 0.15) is 58.2 Å². The summed E-state index contributed by atoms with van der Waals surface area (Å²) in [6, 6.07) is 7.33. The highest BCUT2D eigenvalue weighted by Crippen LogP contribution is 2.30. The van der Waals surface area contributed by atoms with E-state index < -0.39 is 29.5 Å². The topological polar surface area (TPSA) is 73.9 Å². The fraction of sp³-hybridized carbons (Fsp3) is 0.500. The lowest BCUT2D eigenvalue weighted by Gasteiger charge is -2.32. The van der Waals surface area contributed by atoms with Gasteiger partial charge in [0.1, 0.15) is 11.4 Å². The normalized spacial score (nSPS) is 17.5. The number of hydrogen-bond acceptors (Lipinski definition) is 5. The molecular weight excluding hydrogens is 334 g/mol. The highest BCUT2D eigenvalue weighted by molar-refractivity contribution is 5.83. The SMILES string of the molecule is Cc1ccccc1[C@@H](CC1=CC(=O)OC(C)(C)O1)NC(=O)OC(C)(C)C. The first kappa shape index (κ1) is 19.8. The molecule has 6 heteroatoms. The first-order chi connectivity index (χ1) is 12.0. The number of carbonyl (C=O) groups excluding carboxylic acids is 2. The lowest BCUT2D eigenvalue weighted by Crippen LogP contribution is -2.38. The highest BCUT2D eigenvalue weighted by atomic mass is 16.7. The third-order valence-electron chi connectivity index (χ3n) is 3.66. The minimum atomic E-state index is -1.04. The zero-order chi connectivity index (χ0) is 19.5. The van der Waals surface area contributed by atoms with Crippen molar-refractivity contribution in [3.63, 3.8) is 0 Å². The maximum atomic E-state index is 12.3. The van der Waals surface area contributed by atoms with Crippen LogP contribution in [-0.4, -0.2) is 23.5 Å². The number of amides is 1. The maximum absolute atomic E-state index is 12.3. The van der Waals surface area contributed by atoms with Crippen molar-refractivity contribution in [1.29, 1.82) is 0 Å². The van der Waals surface area contributed by atoms with E-state index in [1.165, 1.54) is 6.08 Å². The third kappa shape index (κ3) is 5.79. The first-order valence-corrected chi connectivity index (χ1v) is 8.63. The monoisotopic (exact) mass is 361 g/mol. The number of benzene rings is 1. The fourth-order valence-corrected chi connectivity index (χ4v) is 2.74. The molecule has 0 spiro atoms. The molecule has 1 aromatic rings. The van der Waals surface area contributed by atoms with Crippen molar-refractivity contribution in [1.82, 2.24) is 5.32 Å². The van der Waals surface area contributed by atoms with E-state index >= 15 is 0 Å². The first-order valence-electron chi connectivity index (χ1n) is 8.63. The molecule has 2 rings (SSSR count). The minimum absolute atomic E-state index is 0.308. The molecule has 0 aliphatic carbocycles. The van der Waals surface area contributed by atoms with Gasteiger partial charge in [-0.15, -0.1) is 0 Å². The molecule has 0 unspecified atom stereocenters. The number of alkyl carbamates (subject to hydrolysis) is 1. The zero-order valence-corrected chi connectivity index (χ0v) is 16.2. The molecule has 1 aromatic carbocycles. The van der Waals surface area contributed by atoms with E-state index in [9.17, 15) is 9.59 Å². The lowest BCUT2D eigenvalue weighted by atomic mass is 9.97. The Morgan fingerprint density at radius 2 is 1.88 bits per heavy atom. The number of aryl methyl sites for hydroxylation is 1. The van der Waals surface area contributed by atoms with Gasteiger partial charge in [0.2, 0.25) is 5.79 Å². The summed E-state index contributed by atoms with van der Waals surface area (Å²) in [5.41, 5.74) is 1.35. The second kappa shape index (κ2) is 7.40. The van der Waals surface area contributed by atoms with E-state index in [2.05, 4.69) is 5.32 Å². The predicted molar refractivity (Wildman–Crippen MR) is 97.2 cm³/mol. The van der Waals surface area contributed by atoms with Crippen LogP contribution in [0.25, 0.3) is 0 Å². The Hall–Kier alpha value is -2.50. The van der Waals surface area contributed by atoms with Gasteiger partial charge < -0.3 is 19.5 Å². The molecule has 1 aliphatic rings. The van der Waals surface area contributed by atoms with Gasteiger partial charge in [0, 0.05) is 20.3 Å². The molecule has 142 valence electrons. The molecule has 0 radical (unpaired) electrons. The number of esters is 1. The van der Waals surface area contributed by atoms with Crippen molar-refractivity contribution in [3.05, 3.63) is 47.2 Å². The largest absolute Gasteiger partial charge is 0.457 e. The van der Waals surface area contributed by atoms with Gasteiger partial charge in [-0.3, -0.25) is 0 Å². The molecule has 0 fully saturated rings. The Bertz CT molecular complexity index is 715. The van der Waals surface area contributed by atoms with Crippen molar-refractivity contribution in [2.24, 2.45) is 0 Å². The van der Waals surface area contributed by atoms with Gasteiger partial charge >= 0.3 is 12.1 Å². The van der Waals surface area contributed by atoms with Crippen LogP contribution < -0.4 is 5.32 Å². The predicted octanol–water partition coefficient (Wildman–Crippen LogP) is 4.14. The minimum Gasteiger partial charge on any atom is -0.457 e. The average molecular weight is 361 g/mol. The van der Waals surface area contributed by atoms with Gasteiger partial charge in [0.05, 0.1) is 12.1 Å². The van der Waals surface area contributed by atoms with Gasteiger partial charge in [-0.05, 0) is 38.8 Å². The molecule has 6 nitrogen and oxygen atoms in total. The summed E-state index contributed by atoms with van der Waals surface area (Å²) in [6.45, 7) is 10.7. The summed E-state index contributed by atoms with van der Waals surface area (Å²) in [4.78, 5) is 24.1. The maximum Gasteiger partial charge on any atom is 0.408 e. The van der Waals surface area contributed by atoms with E-state index in [1.807, 2.05) is 31.2 Å². The second-order valence-corrected chi connectivity index (χ2v) is 7.79. The Morgan fingerprint density at radius 3 is 2.46 bits per heavy atom. The number of nitrogens with one attached hydrogen (secondary N) is 1. The molecule has 0 saturated carbocycles. The zero-order valence-electron chi connectivity index (χ0n) is 16.2. The fourth-order valence-electron chi connectivity index (χ4n) is 2.74. The van der Waals surface area contributed by atoms with Crippen LogP contribution in [0.15, 0.2) is 36.1 Å². The number of carbonyl (C=O) groups is 2. The number of cyclic esters (lactones) is 1. The summed E-state index contributed by atoms with van der Waals surface area (Å²) in [6.07, 6.45) is 1.10. The molecule has 26 heavy (non-hydrogen) atoms. The third-order valence-corrected chi connectivity index (χ3v) is 3.66. The lowest BCUT2D eigenvalue weighted by molar-refractivity contribution is -0.206. The van der Waals surface area contributed by atoms with E-state index in [0.717, 1.165) is 11.1 Å². The standard InChI is InChI=1S/C20H27NO5/c1-13-9-7-8-10-15(13)16(21-18(23)26-19(2,3)4)11-14-12-17(22)25-20(5,6)24-14/h7-10,12,16H,11H2,1-6H3,(H,21,23)/t16-/m1/s1. The Labute approximate surface area is 154 Å². The second-order valence-electron chi connectivity index (χ2n) is 7.79. The van der Waals surface area contributed by atoms with E-state index in [-0.39, 0.29) is 0 Å². The van der Waals surface area contributed by atoms with Crippen LogP contribution in [0.2, 0.25) is 0 Å². The quantitative estimate of drug-likeness (QED) is 0.816. The summed E-state index contributed by atoms with van der Waals surface area (Å²) in [7, 11) is 0. The molecule has 0 aromatic heterocycles. The van der Waals surface area contributed by atoms with Gasteiger partial charge in [-0.2, -0.15) is 0 Å². The molecule has 1 atom stereocenters. The summed E-state index contributed by atoms with van der Waals surface area (Å²) in [5, 5.41) is 2.89. The number of hydrogen-bond donors (Lipinski definition) is 1. The summed E-state index contributed by atoms with van der Waals surface area (Å²) >= 11 is 0.